The molecule has 0 aliphatic carbocycles. The minimum Gasteiger partial charge on any atom is -0.394 e. The predicted octanol–water partition coefficient (Wildman–Crippen LogP) is -1.83. The van der Waals surface area contributed by atoms with Crippen molar-refractivity contribution in [2.24, 2.45) is 5.73 Å². The average molecular weight is 219 g/mol. The van der Waals surface area contributed by atoms with Crippen LogP contribution in [-0.4, -0.2) is 50.0 Å². The Morgan fingerprint density at radius 2 is 2.07 bits per heavy atom. The molecule has 0 aromatic heterocycles. The van der Waals surface area contributed by atoms with Crippen LogP contribution in [0.15, 0.2) is 0 Å². The standard InChI is InChI=1S/C8H17N3O4/c9-8(14)11-7(13)6-10-2-1-4-15-5-3-12/h10,12H,1-6H2,(H3,9,11,13,14). The Kier molecular flexibility index (Phi) is 8.64. The predicted molar refractivity (Wildman–Crippen MR) is 53.1 cm³/mol. The molecule has 3 amide bonds. The third-order valence-electron chi connectivity index (χ3n) is 1.43. The zero-order valence-corrected chi connectivity index (χ0v) is 8.49. The largest absolute Gasteiger partial charge is 0.394 e. The van der Waals surface area contributed by atoms with E-state index in [1.54, 1.807) is 0 Å². The molecule has 5 N–H and O–H groups in total. The number of carbonyl (C=O) groups excluding carboxylic acids is 2. The van der Waals surface area contributed by atoms with Crippen molar-refractivity contribution in [3.63, 3.8) is 0 Å². The molecule has 0 bridgehead atoms. The second kappa shape index (κ2) is 9.38. The van der Waals surface area contributed by atoms with Gasteiger partial charge in [-0.15, -0.1) is 0 Å². The van der Waals surface area contributed by atoms with Gasteiger partial charge < -0.3 is 20.9 Å². The van der Waals surface area contributed by atoms with Crippen LogP contribution < -0.4 is 16.4 Å². The van der Waals surface area contributed by atoms with Crippen LogP contribution in [0.1, 0.15) is 6.42 Å². The summed E-state index contributed by atoms with van der Waals surface area (Å²) in [6.45, 7) is 1.49. The number of ether oxygens (including phenoxy) is 1. The van der Waals surface area contributed by atoms with E-state index in [-0.39, 0.29) is 13.2 Å². The lowest BCUT2D eigenvalue weighted by atomic mass is 10.4. The van der Waals surface area contributed by atoms with Gasteiger partial charge in [0.05, 0.1) is 19.8 Å². The number of hydrogen-bond acceptors (Lipinski definition) is 5. The topological polar surface area (TPSA) is 114 Å². The monoisotopic (exact) mass is 219 g/mol. The SMILES string of the molecule is NC(=O)NC(=O)CNCCCOCCO. The highest BCUT2D eigenvalue weighted by Crippen LogP contribution is 1.79. The van der Waals surface area contributed by atoms with Gasteiger partial charge in [0, 0.05) is 6.61 Å². The molecule has 0 aliphatic rings. The maximum Gasteiger partial charge on any atom is 0.318 e. The highest BCUT2D eigenvalue weighted by molar-refractivity contribution is 5.94. The van der Waals surface area contributed by atoms with Crippen LogP contribution in [0.25, 0.3) is 0 Å². The van der Waals surface area contributed by atoms with Crippen molar-refractivity contribution in [2.45, 2.75) is 6.42 Å². The summed E-state index contributed by atoms with van der Waals surface area (Å²) in [6.07, 6.45) is 0.726. The summed E-state index contributed by atoms with van der Waals surface area (Å²) < 4.78 is 4.99. The van der Waals surface area contributed by atoms with Gasteiger partial charge in [0.2, 0.25) is 5.91 Å². The van der Waals surface area contributed by atoms with Crippen molar-refractivity contribution in [1.82, 2.24) is 10.6 Å². The zero-order valence-electron chi connectivity index (χ0n) is 8.49. The van der Waals surface area contributed by atoms with E-state index in [4.69, 9.17) is 15.6 Å². The van der Waals surface area contributed by atoms with Gasteiger partial charge in [0.1, 0.15) is 0 Å². The molecule has 0 fully saturated rings. The Hall–Kier alpha value is -1.18. The van der Waals surface area contributed by atoms with Gasteiger partial charge in [0.25, 0.3) is 0 Å². The number of aliphatic hydroxyl groups excluding tert-OH is 1. The van der Waals surface area contributed by atoms with Crippen LogP contribution in [0.5, 0.6) is 0 Å². The van der Waals surface area contributed by atoms with E-state index in [2.05, 4.69) is 5.32 Å². The van der Waals surface area contributed by atoms with Crippen LogP contribution in [0.4, 0.5) is 4.79 Å². The molecule has 0 heterocycles. The number of rotatable bonds is 8. The van der Waals surface area contributed by atoms with Crippen molar-refractivity contribution in [3.8, 4) is 0 Å². The molecular formula is C8H17N3O4. The van der Waals surface area contributed by atoms with Crippen molar-refractivity contribution in [3.05, 3.63) is 0 Å². The van der Waals surface area contributed by atoms with Gasteiger partial charge >= 0.3 is 6.03 Å². The first-order chi connectivity index (χ1) is 7.16. The summed E-state index contributed by atoms with van der Waals surface area (Å²) in [6, 6.07) is -0.854. The first kappa shape index (κ1) is 13.8. The third-order valence-corrected chi connectivity index (χ3v) is 1.43. The molecule has 7 heteroatoms. The first-order valence-electron chi connectivity index (χ1n) is 4.65. The quantitative estimate of drug-likeness (QED) is 0.359. The molecule has 7 nitrogen and oxygen atoms in total. The van der Waals surface area contributed by atoms with Gasteiger partial charge in [0.15, 0.2) is 0 Å². The average Bonchev–Trinajstić information content (AvgIpc) is 2.15. The van der Waals surface area contributed by atoms with Gasteiger partial charge in [-0.25, -0.2) is 4.79 Å². The van der Waals surface area contributed by atoms with Gasteiger partial charge in [-0.05, 0) is 13.0 Å². The number of imide groups is 1. The molecule has 0 unspecified atom stereocenters. The van der Waals surface area contributed by atoms with Crippen molar-refractivity contribution in [1.29, 1.82) is 0 Å². The molecular weight excluding hydrogens is 202 g/mol. The summed E-state index contributed by atoms with van der Waals surface area (Å²) >= 11 is 0. The molecule has 0 aromatic rings. The molecule has 0 saturated carbocycles. The van der Waals surface area contributed by atoms with Crippen LogP contribution in [0.3, 0.4) is 0 Å². The van der Waals surface area contributed by atoms with Crippen molar-refractivity contribution >= 4 is 11.9 Å². The molecule has 0 rings (SSSR count). The van der Waals surface area contributed by atoms with E-state index in [1.165, 1.54) is 0 Å². The lowest BCUT2D eigenvalue weighted by Gasteiger charge is -2.04. The second-order valence-corrected chi connectivity index (χ2v) is 2.78. The smallest absolute Gasteiger partial charge is 0.318 e. The number of nitrogens with two attached hydrogens (primary N) is 1. The number of nitrogens with one attached hydrogen (secondary N) is 2. The molecule has 0 aliphatic heterocycles. The van der Waals surface area contributed by atoms with Crippen molar-refractivity contribution < 1.29 is 19.4 Å². The Labute approximate surface area is 88.0 Å². The van der Waals surface area contributed by atoms with Crippen LogP contribution >= 0.6 is 0 Å². The zero-order chi connectivity index (χ0) is 11.5. The summed E-state index contributed by atoms with van der Waals surface area (Å²) in [5.74, 6) is -0.459. The van der Waals surface area contributed by atoms with Gasteiger partial charge in [-0.1, -0.05) is 0 Å². The number of primary amides is 1. The lowest BCUT2D eigenvalue weighted by molar-refractivity contribution is -0.119. The van der Waals surface area contributed by atoms with E-state index in [0.717, 1.165) is 6.42 Å². The number of hydrogen-bond donors (Lipinski definition) is 4. The number of amides is 3. The summed E-state index contributed by atoms with van der Waals surface area (Å²) in [5, 5.41) is 13.1. The first-order valence-corrected chi connectivity index (χ1v) is 4.65. The van der Waals surface area contributed by atoms with Crippen LogP contribution in [-0.2, 0) is 9.53 Å². The summed E-state index contributed by atoms with van der Waals surface area (Å²) in [4.78, 5) is 21.1. The van der Waals surface area contributed by atoms with E-state index in [9.17, 15) is 9.59 Å². The number of urea groups is 1. The molecule has 0 atom stereocenters. The lowest BCUT2D eigenvalue weighted by Crippen LogP contribution is -2.40. The van der Waals surface area contributed by atoms with Gasteiger partial charge in [-0.3, -0.25) is 10.1 Å². The summed E-state index contributed by atoms with van der Waals surface area (Å²) in [5.41, 5.74) is 4.74. The van der Waals surface area contributed by atoms with Crippen LogP contribution in [0, 0.1) is 0 Å². The molecule has 0 spiro atoms. The minimum absolute atomic E-state index is 0.00838. The van der Waals surface area contributed by atoms with Gasteiger partial charge in [-0.2, -0.15) is 0 Å². The number of aliphatic hydroxyl groups is 1. The van der Waals surface area contributed by atoms with E-state index in [0.29, 0.717) is 19.8 Å². The van der Waals surface area contributed by atoms with Crippen molar-refractivity contribution in [2.75, 3.05) is 32.9 Å². The third kappa shape index (κ3) is 10.7. The fourth-order valence-corrected chi connectivity index (χ4v) is 0.849. The van der Waals surface area contributed by atoms with E-state index >= 15 is 0 Å². The maximum atomic E-state index is 10.8. The molecule has 0 radical (unpaired) electrons. The summed E-state index contributed by atoms with van der Waals surface area (Å²) in [7, 11) is 0. The fourth-order valence-electron chi connectivity index (χ4n) is 0.849. The highest BCUT2D eigenvalue weighted by atomic mass is 16.5. The Morgan fingerprint density at radius 3 is 2.67 bits per heavy atom. The van der Waals surface area contributed by atoms with Crippen LogP contribution in [0.2, 0.25) is 0 Å². The highest BCUT2D eigenvalue weighted by Gasteiger charge is 2.01. The maximum absolute atomic E-state index is 10.8. The molecule has 0 aromatic carbocycles. The Morgan fingerprint density at radius 1 is 1.33 bits per heavy atom. The normalized spacial score (nSPS) is 9.93. The molecule has 0 saturated heterocycles. The molecule has 88 valence electrons. The molecule has 15 heavy (non-hydrogen) atoms. The Balaban J connectivity index is 3.16. The second-order valence-electron chi connectivity index (χ2n) is 2.78. The van der Waals surface area contributed by atoms with E-state index in [1.807, 2.05) is 5.32 Å². The number of carbonyl (C=O) groups is 2. The fraction of sp³-hybridized carbons (Fsp3) is 0.750. The minimum atomic E-state index is -0.854. The van der Waals surface area contributed by atoms with E-state index < -0.39 is 11.9 Å². The Bertz CT molecular complexity index is 198.